The molecule has 7 nitrogen and oxygen atoms in total. The van der Waals surface area contributed by atoms with Gasteiger partial charge in [0.2, 0.25) is 7.29 Å². The highest BCUT2D eigenvalue weighted by Crippen LogP contribution is 2.57. The van der Waals surface area contributed by atoms with Crippen LogP contribution in [0.4, 0.5) is 11.4 Å². The largest absolute Gasteiger partial charge is 0.494 e. The molecule has 4 rings (SSSR count). The van der Waals surface area contributed by atoms with Gasteiger partial charge in [0.25, 0.3) is 5.69 Å². The predicted molar refractivity (Wildman–Crippen MR) is 125 cm³/mol. The Morgan fingerprint density at radius 1 is 0.938 bits per heavy atom. The monoisotopic (exact) mass is 448 g/mol. The average molecular weight is 448 g/mol. The molecule has 0 unspecified atom stereocenters. The van der Waals surface area contributed by atoms with Crippen LogP contribution < -0.4 is 9.82 Å². The van der Waals surface area contributed by atoms with E-state index in [1.54, 1.807) is 13.0 Å². The third kappa shape index (κ3) is 4.74. The molecule has 0 saturated heterocycles. The molecule has 1 N–H and O–H groups in total. The molecular weight excluding hydrogens is 427 g/mol. The quantitative estimate of drug-likeness (QED) is 0.245. The van der Waals surface area contributed by atoms with Crippen LogP contribution in [0, 0.1) is 10.1 Å². The number of rotatable bonds is 7. The highest BCUT2D eigenvalue weighted by atomic mass is 31.2. The maximum Gasteiger partial charge on any atom is 0.296 e. The van der Waals surface area contributed by atoms with E-state index in [0.717, 1.165) is 11.1 Å². The lowest BCUT2D eigenvalue weighted by molar-refractivity contribution is -0.384. The molecule has 162 valence electrons. The van der Waals surface area contributed by atoms with Gasteiger partial charge in [-0.05, 0) is 19.1 Å². The Kier molecular flexibility index (Phi) is 6.10. The molecule has 0 fully saturated rings. The van der Waals surface area contributed by atoms with Crippen molar-refractivity contribution < 1.29 is 19.0 Å². The molecule has 3 aromatic carbocycles. The van der Waals surface area contributed by atoms with Crippen LogP contribution >= 0.6 is 7.29 Å². The van der Waals surface area contributed by atoms with Gasteiger partial charge in [-0.1, -0.05) is 60.7 Å². The number of hydrogen-bond donors (Lipinski definition) is 1. The van der Waals surface area contributed by atoms with Gasteiger partial charge < -0.3 is 14.6 Å². The summed E-state index contributed by atoms with van der Waals surface area (Å²) in [5, 5.41) is 14.6. The van der Waals surface area contributed by atoms with Crippen molar-refractivity contribution >= 4 is 30.2 Å². The number of anilines is 1. The fraction of sp³-hybridized carbons (Fsp3) is 0.0833. The average Bonchev–Trinajstić information content (AvgIpc) is 2.81. The molecule has 0 aliphatic carbocycles. The van der Waals surface area contributed by atoms with Crippen LogP contribution in [0.3, 0.4) is 0 Å². The fourth-order valence-corrected chi connectivity index (χ4v) is 5.16. The minimum absolute atomic E-state index is 0.135. The van der Waals surface area contributed by atoms with Gasteiger partial charge in [0.15, 0.2) is 0 Å². The molecule has 0 atom stereocenters. The first kappa shape index (κ1) is 21.4. The summed E-state index contributed by atoms with van der Waals surface area (Å²) in [7, 11) is -3.42. The molecule has 0 spiro atoms. The van der Waals surface area contributed by atoms with E-state index in [4.69, 9.17) is 9.47 Å². The molecule has 0 saturated carbocycles. The Morgan fingerprint density at radius 2 is 1.50 bits per heavy atom. The molecule has 0 amide bonds. The van der Waals surface area contributed by atoms with Crippen molar-refractivity contribution in [3.63, 3.8) is 0 Å². The summed E-state index contributed by atoms with van der Waals surface area (Å²) in [6.45, 7) is 2.18. The standard InChI is InChI=1S/C24H21N2O5P/c1-2-30-20-13-14-21(22(15-20)26(27)28)25-32(29)16-23(18-9-5-3-6-10-18)31-24(17-32)19-11-7-4-8-12-19/h3-17H,2H2,1H3,(H,25,29). The lowest BCUT2D eigenvalue weighted by Gasteiger charge is -2.24. The summed E-state index contributed by atoms with van der Waals surface area (Å²) in [5.74, 6) is 4.19. The van der Waals surface area contributed by atoms with Crippen LogP contribution in [-0.2, 0) is 9.30 Å². The third-order valence-electron chi connectivity index (χ3n) is 4.73. The van der Waals surface area contributed by atoms with E-state index in [0.29, 0.717) is 23.9 Å². The molecule has 3 aromatic rings. The lowest BCUT2D eigenvalue weighted by Crippen LogP contribution is -2.05. The van der Waals surface area contributed by atoms with E-state index in [1.807, 2.05) is 60.7 Å². The summed E-state index contributed by atoms with van der Waals surface area (Å²) in [5.41, 5.74) is 1.41. The van der Waals surface area contributed by atoms with Crippen molar-refractivity contribution in [1.29, 1.82) is 0 Å². The summed E-state index contributed by atoms with van der Waals surface area (Å²) in [6.07, 6.45) is 0. The Labute approximate surface area is 185 Å². The first-order valence-electron chi connectivity index (χ1n) is 10.0. The minimum atomic E-state index is -3.42. The number of hydrogen-bond acceptors (Lipinski definition) is 5. The lowest BCUT2D eigenvalue weighted by atomic mass is 10.2. The Morgan fingerprint density at radius 3 is 2.00 bits per heavy atom. The van der Waals surface area contributed by atoms with Gasteiger partial charge in [-0.3, -0.25) is 14.7 Å². The third-order valence-corrected chi connectivity index (χ3v) is 6.55. The second kappa shape index (κ2) is 9.12. The van der Waals surface area contributed by atoms with Crippen molar-refractivity contribution in [3.05, 3.63) is 112 Å². The van der Waals surface area contributed by atoms with Crippen molar-refractivity contribution in [1.82, 2.24) is 0 Å². The van der Waals surface area contributed by atoms with Gasteiger partial charge in [-0.25, -0.2) is 0 Å². The molecule has 1 heterocycles. The number of nitro benzene ring substituents is 1. The Hall–Kier alpha value is -3.83. The smallest absolute Gasteiger partial charge is 0.296 e. The van der Waals surface area contributed by atoms with Crippen molar-refractivity contribution in [2.75, 3.05) is 11.7 Å². The highest BCUT2D eigenvalue weighted by molar-refractivity contribution is 7.72. The zero-order valence-electron chi connectivity index (χ0n) is 17.3. The van der Waals surface area contributed by atoms with Gasteiger partial charge in [0.1, 0.15) is 23.0 Å². The van der Waals surface area contributed by atoms with Gasteiger partial charge in [-0.15, -0.1) is 0 Å². The maximum atomic E-state index is 14.0. The molecule has 1 aliphatic heterocycles. The summed E-state index contributed by atoms with van der Waals surface area (Å²) < 4.78 is 25.4. The number of nitrogens with one attached hydrogen (secondary N) is 1. The van der Waals surface area contributed by atoms with Crippen LogP contribution in [0.1, 0.15) is 18.1 Å². The molecular formula is C24H21N2O5P. The normalized spacial score (nSPS) is 14.5. The van der Waals surface area contributed by atoms with E-state index >= 15 is 0 Å². The minimum Gasteiger partial charge on any atom is -0.494 e. The zero-order chi connectivity index (χ0) is 22.6. The fourth-order valence-electron chi connectivity index (χ4n) is 3.29. The first-order valence-corrected chi connectivity index (χ1v) is 11.9. The van der Waals surface area contributed by atoms with E-state index in [-0.39, 0.29) is 11.4 Å². The van der Waals surface area contributed by atoms with Gasteiger partial charge >= 0.3 is 0 Å². The zero-order valence-corrected chi connectivity index (χ0v) is 18.2. The van der Waals surface area contributed by atoms with Crippen LogP contribution in [0.2, 0.25) is 0 Å². The van der Waals surface area contributed by atoms with E-state index in [1.165, 1.54) is 23.8 Å². The van der Waals surface area contributed by atoms with E-state index < -0.39 is 12.2 Å². The van der Waals surface area contributed by atoms with Crippen molar-refractivity contribution in [2.24, 2.45) is 0 Å². The Balaban J connectivity index is 1.78. The van der Waals surface area contributed by atoms with Crippen LogP contribution in [0.5, 0.6) is 5.75 Å². The van der Waals surface area contributed by atoms with E-state index in [2.05, 4.69) is 5.09 Å². The predicted octanol–water partition coefficient (Wildman–Crippen LogP) is 6.71. The molecule has 8 heteroatoms. The van der Waals surface area contributed by atoms with Gasteiger partial charge in [-0.2, -0.15) is 0 Å². The summed E-state index contributed by atoms with van der Waals surface area (Å²) in [6, 6.07) is 23.0. The summed E-state index contributed by atoms with van der Waals surface area (Å²) in [4.78, 5) is 11.1. The second-order valence-corrected chi connectivity index (χ2v) is 9.17. The Bertz CT molecular complexity index is 1180. The van der Waals surface area contributed by atoms with Crippen molar-refractivity contribution in [3.8, 4) is 5.75 Å². The van der Waals surface area contributed by atoms with Gasteiger partial charge in [0, 0.05) is 22.8 Å². The number of nitro groups is 1. The molecule has 1 aliphatic rings. The second-order valence-electron chi connectivity index (χ2n) is 7.01. The SMILES string of the molecule is CCOc1ccc(NP2(=O)C=C(c3ccccc3)OC(c3ccccc3)=C2)c([N+](=O)[O-])c1. The molecule has 0 bridgehead atoms. The van der Waals surface area contributed by atoms with Gasteiger partial charge in [0.05, 0.1) is 17.6 Å². The van der Waals surface area contributed by atoms with E-state index in [9.17, 15) is 14.7 Å². The molecule has 0 aromatic heterocycles. The van der Waals surface area contributed by atoms with Crippen LogP contribution in [-0.4, -0.2) is 11.5 Å². The van der Waals surface area contributed by atoms with Crippen LogP contribution in [0.25, 0.3) is 11.5 Å². The van der Waals surface area contributed by atoms with Crippen LogP contribution in [0.15, 0.2) is 90.5 Å². The number of nitrogens with zero attached hydrogens (tertiary/aromatic N) is 1. The number of benzene rings is 3. The highest BCUT2D eigenvalue weighted by Gasteiger charge is 2.29. The van der Waals surface area contributed by atoms with Crippen molar-refractivity contribution in [2.45, 2.75) is 6.92 Å². The number of ether oxygens (including phenoxy) is 2. The molecule has 0 radical (unpaired) electrons. The topological polar surface area (TPSA) is 90.7 Å². The summed E-state index contributed by atoms with van der Waals surface area (Å²) >= 11 is 0. The molecule has 32 heavy (non-hydrogen) atoms. The maximum absolute atomic E-state index is 14.0. The first-order chi connectivity index (χ1) is 15.5.